The number of likely N-dealkylation sites (tertiary alicyclic amines) is 1. The summed E-state index contributed by atoms with van der Waals surface area (Å²) >= 11 is 0. The molecule has 0 spiro atoms. The van der Waals surface area contributed by atoms with Crippen LogP contribution in [0.3, 0.4) is 0 Å². The van der Waals surface area contributed by atoms with Crippen LogP contribution in [0.5, 0.6) is 5.75 Å². The van der Waals surface area contributed by atoms with Crippen molar-refractivity contribution in [3.63, 3.8) is 0 Å². The average molecular weight is 424 g/mol. The first kappa shape index (κ1) is 22.3. The number of phenols is 1. The van der Waals surface area contributed by atoms with Crippen molar-refractivity contribution in [1.82, 2.24) is 10.2 Å². The molecule has 3 amide bonds. The van der Waals surface area contributed by atoms with Gasteiger partial charge in [-0.05, 0) is 57.0 Å². The Morgan fingerprint density at radius 2 is 1.74 bits per heavy atom. The van der Waals surface area contributed by atoms with Crippen molar-refractivity contribution < 1.29 is 24.2 Å². The van der Waals surface area contributed by atoms with Crippen LogP contribution in [0.25, 0.3) is 0 Å². The lowest BCUT2D eigenvalue weighted by atomic mass is 9.80. The number of urea groups is 1. The van der Waals surface area contributed by atoms with Gasteiger partial charge in [0, 0.05) is 0 Å². The molecule has 3 rings (SSSR count). The molecule has 7 nitrogen and oxygen atoms in total. The molecular weight excluding hydrogens is 396 g/mol. The number of β-lactam (4-membered cyclic amide) rings is 1. The highest BCUT2D eigenvalue weighted by atomic mass is 16.6. The first-order valence-corrected chi connectivity index (χ1v) is 10.4. The zero-order valence-corrected chi connectivity index (χ0v) is 18.2. The van der Waals surface area contributed by atoms with E-state index in [0.717, 1.165) is 22.4 Å². The third-order valence-electron chi connectivity index (χ3n) is 5.52. The van der Waals surface area contributed by atoms with Crippen LogP contribution in [0.4, 0.5) is 4.79 Å². The monoisotopic (exact) mass is 424 g/mol. The molecule has 0 saturated carbocycles. The topological polar surface area (TPSA) is 95.9 Å². The second kappa shape index (κ2) is 8.79. The van der Waals surface area contributed by atoms with E-state index < -0.39 is 29.6 Å². The van der Waals surface area contributed by atoms with Crippen molar-refractivity contribution in [3.05, 3.63) is 65.2 Å². The Morgan fingerprint density at radius 3 is 2.32 bits per heavy atom. The van der Waals surface area contributed by atoms with Gasteiger partial charge >= 0.3 is 12.0 Å². The molecule has 0 aliphatic carbocycles. The van der Waals surface area contributed by atoms with Gasteiger partial charge in [-0.15, -0.1) is 0 Å². The number of hydrogen-bond acceptors (Lipinski definition) is 5. The number of rotatable bonds is 6. The smallest absolute Gasteiger partial charge is 0.340 e. The molecule has 164 valence electrons. The summed E-state index contributed by atoms with van der Waals surface area (Å²) in [5.41, 5.74) is 1.27. The number of aromatic hydroxyl groups is 1. The molecule has 1 aliphatic heterocycles. The molecule has 2 aromatic rings. The van der Waals surface area contributed by atoms with Crippen molar-refractivity contribution in [1.29, 1.82) is 0 Å². The second-order valence-corrected chi connectivity index (χ2v) is 8.40. The summed E-state index contributed by atoms with van der Waals surface area (Å²) < 4.78 is 5.52. The molecule has 0 bridgehead atoms. The third kappa shape index (κ3) is 4.55. The highest BCUT2D eigenvalue weighted by Gasteiger charge is 2.60. The van der Waals surface area contributed by atoms with Gasteiger partial charge in [0.25, 0.3) is 0 Å². The van der Waals surface area contributed by atoms with E-state index in [-0.39, 0.29) is 17.4 Å². The van der Waals surface area contributed by atoms with Gasteiger partial charge in [-0.25, -0.2) is 14.5 Å². The summed E-state index contributed by atoms with van der Waals surface area (Å²) in [4.78, 5) is 39.1. The minimum absolute atomic E-state index is 0.0229. The van der Waals surface area contributed by atoms with E-state index in [1.807, 2.05) is 38.1 Å². The molecular formula is C24H28N2O5. The van der Waals surface area contributed by atoms with Crippen molar-refractivity contribution in [2.45, 2.75) is 52.8 Å². The number of carbonyl (C=O) groups is 3. The fourth-order valence-corrected chi connectivity index (χ4v) is 3.57. The summed E-state index contributed by atoms with van der Waals surface area (Å²) in [6.45, 7) is 7.29. The van der Waals surface area contributed by atoms with Crippen LogP contribution in [0.2, 0.25) is 0 Å². The van der Waals surface area contributed by atoms with Crippen molar-refractivity contribution in [2.24, 2.45) is 5.41 Å². The minimum Gasteiger partial charge on any atom is -0.508 e. The number of ether oxygens (including phenoxy) is 1. The molecule has 1 fully saturated rings. The molecule has 2 N–H and O–H groups in total. The zero-order valence-electron chi connectivity index (χ0n) is 18.2. The molecule has 0 unspecified atom stereocenters. The summed E-state index contributed by atoms with van der Waals surface area (Å²) in [6, 6.07) is 12.6. The SMILES string of the molecule is CCC[C@@H](NC(=O)N1C(=O)C(C)(C)[C@H]1OC(=O)c1ccc(O)cc1)c1ccc(C)cc1. The minimum atomic E-state index is -1.03. The van der Waals surface area contributed by atoms with Gasteiger partial charge in [-0.2, -0.15) is 0 Å². The number of phenolic OH excluding ortho intramolecular Hbond substituents is 1. The van der Waals surface area contributed by atoms with Crippen molar-refractivity contribution in [3.8, 4) is 5.75 Å². The lowest BCUT2D eigenvalue weighted by molar-refractivity contribution is -0.188. The van der Waals surface area contributed by atoms with E-state index in [9.17, 15) is 19.5 Å². The number of carbonyl (C=O) groups excluding carboxylic acids is 3. The third-order valence-corrected chi connectivity index (χ3v) is 5.52. The summed E-state index contributed by atoms with van der Waals surface area (Å²) in [6.07, 6.45) is 0.525. The predicted octanol–water partition coefficient (Wildman–Crippen LogP) is 4.30. The number of hydrogen-bond donors (Lipinski definition) is 2. The summed E-state index contributed by atoms with van der Waals surface area (Å²) in [7, 11) is 0. The quantitative estimate of drug-likeness (QED) is 0.532. The van der Waals surface area contributed by atoms with Gasteiger partial charge < -0.3 is 15.2 Å². The van der Waals surface area contributed by atoms with Crippen LogP contribution in [0.15, 0.2) is 48.5 Å². The Labute approximate surface area is 182 Å². The molecule has 1 heterocycles. The summed E-state index contributed by atoms with van der Waals surface area (Å²) in [5.74, 6) is -1.06. The fourth-order valence-electron chi connectivity index (χ4n) is 3.57. The molecule has 1 saturated heterocycles. The Hall–Kier alpha value is -3.35. The van der Waals surface area contributed by atoms with Gasteiger partial charge in [0.1, 0.15) is 11.2 Å². The molecule has 0 aromatic heterocycles. The Balaban J connectivity index is 1.76. The first-order chi connectivity index (χ1) is 14.6. The lowest BCUT2D eigenvalue weighted by Crippen LogP contribution is -2.71. The lowest BCUT2D eigenvalue weighted by Gasteiger charge is -2.49. The van der Waals surface area contributed by atoms with Gasteiger partial charge in [0.15, 0.2) is 6.23 Å². The van der Waals surface area contributed by atoms with E-state index in [2.05, 4.69) is 5.32 Å². The Kier molecular flexibility index (Phi) is 6.34. The van der Waals surface area contributed by atoms with Crippen LogP contribution in [-0.2, 0) is 9.53 Å². The van der Waals surface area contributed by atoms with Crippen LogP contribution in [0, 0.1) is 12.3 Å². The molecule has 1 aliphatic rings. The van der Waals surface area contributed by atoms with Gasteiger partial charge in [-0.3, -0.25) is 4.79 Å². The number of nitrogens with zero attached hydrogens (tertiary/aromatic N) is 1. The number of esters is 1. The number of benzene rings is 2. The molecule has 2 aromatic carbocycles. The molecule has 31 heavy (non-hydrogen) atoms. The second-order valence-electron chi connectivity index (χ2n) is 8.40. The number of nitrogens with one attached hydrogen (secondary N) is 1. The zero-order chi connectivity index (χ0) is 22.8. The summed E-state index contributed by atoms with van der Waals surface area (Å²) in [5, 5.41) is 12.3. The number of aryl methyl sites for hydroxylation is 1. The largest absolute Gasteiger partial charge is 0.508 e. The van der Waals surface area contributed by atoms with Crippen LogP contribution >= 0.6 is 0 Å². The van der Waals surface area contributed by atoms with Crippen molar-refractivity contribution in [2.75, 3.05) is 0 Å². The maximum absolute atomic E-state index is 13.0. The van der Waals surface area contributed by atoms with Gasteiger partial charge in [0.05, 0.1) is 11.6 Å². The van der Waals surface area contributed by atoms with Crippen molar-refractivity contribution >= 4 is 17.9 Å². The molecule has 7 heteroatoms. The van der Waals surface area contributed by atoms with E-state index in [1.54, 1.807) is 13.8 Å². The molecule has 2 atom stereocenters. The van der Waals surface area contributed by atoms with Gasteiger partial charge in [0.2, 0.25) is 5.91 Å². The highest BCUT2D eigenvalue weighted by molar-refractivity contribution is 6.03. The molecule has 0 radical (unpaired) electrons. The van der Waals surface area contributed by atoms with Crippen LogP contribution in [-0.4, -0.2) is 34.1 Å². The maximum Gasteiger partial charge on any atom is 0.340 e. The normalized spacial score (nSPS) is 18.1. The van der Waals surface area contributed by atoms with Gasteiger partial charge in [-0.1, -0.05) is 43.2 Å². The average Bonchev–Trinajstić information content (AvgIpc) is 2.74. The van der Waals surface area contributed by atoms with E-state index in [1.165, 1.54) is 24.3 Å². The van der Waals surface area contributed by atoms with Crippen LogP contribution in [0.1, 0.15) is 61.1 Å². The predicted molar refractivity (Wildman–Crippen MR) is 115 cm³/mol. The van der Waals surface area contributed by atoms with E-state index >= 15 is 0 Å². The maximum atomic E-state index is 13.0. The van der Waals surface area contributed by atoms with Crippen LogP contribution < -0.4 is 5.32 Å². The number of amides is 3. The fraction of sp³-hybridized carbons (Fsp3) is 0.375. The highest BCUT2D eigenvalue weighted by Crippen LogP contribution is 2.40. The standard InChI is InChI=1S/C24H28N2O5/c1-5-6-19(16-9-7-15(2)8-10-16)25-23(30)26-21(29)24(3,4)22(26)31-20(28)17-11-13-18(27)14-12-17/h7-14,19,22,27H,5-6H2,1-4H3,(H,25,30)/t19-,22-/m1/s1. The van der Waals surface area contributed by atoms with E-state index in [4.69, 9.17) is 4.74 Å². The van der Waals surface area contributed by atoms with E-state index in [0.29, 0.717) is 6.42 Å². The Morgan fingerprint density at radius 1 is 1.13 bits per heavy atom. The Bertz CT molecular complexity index is 966. The first-order valence-electron chi connectivity index (χ1n) is 10.4. The number of imide groups is 1.